The molecule has 0 heterocycles. The van der Waals surface area contributed by atoms with Gasteiger partial charge < -0.3 is 0 Å². The first-order chi connectivity index (χ1) is 7.22. The summed E-state index contributed by atoms with van der Waals surface area (Å²) in [6.07, 6.45) is 0.897. The summed E-state index contributed by atoms with van der Waals surface area (Å²) in [5.41, 5.74) is 1.54. The molecule has 0 N–H and O–H groups in total. The average molecular weight is 198 g/mol. The first kappa shape index (κ1) is 10.9. The lowest BCUT2D eigenvalue weighted by Crippen LogP contribution is -2.10. The molecular formula is C12H10N2O. The van der Waals surface area contributed by atoms with Gasteiger partial charge in [-0.3, -0.25) is 4.79 Å². The lowest BCUT2D eigenvalue weighted by Gasteiger charge is -2.01. The minimum absolute atomic E-state index is 0.417. The minimum Gasteiger partial charge on any atom is -0.291 e. The number of ketones is 1. The molecule has 0 aliphatic heterocycles. The summed E-state index contributed by atoms with van der Waals surface area (Å²) < 4.78 is 0. The van der Waals surface area contributed by atoms with E-state index in [0.717, 1.165) is 12.0 Å². The fourth-order valence-corrected chi connectivity index (χ4v) is 1.22. The predicted octanol–water partition coefficient (Wildman–Crippen LogP) is 2.10. The van der Waals surface area contributed by atoms with Crippen LogP contribution in [-0.4, -0.2) is 5.78 Å². The molecule has 0 saturated heterocycles. The normalized spacial score (nSPS) is 9.33. The van der Waals surface area contributed by atoms with Gasteiger partial charge in [-0.05, 0) is 12.0 Å². The van der Waals surface area contributed by atoms with Crippen LogP contribution in [0.25, 0.3) is 0 Å². The monoisotopic (exact) mass is 198 g/mol. The largest absolute Gasteiger partial charge is 0.291 e. The van der Waals surface area contributed by atoms with Crippen LogP contribution in [0.2, 0.25) is 0 Å². The van der Waals surface area contributed by atoms with Crippen LogP contribution in [0.15, 0.2) is 24.3 Å². The van der Waals surface area contributed by atoms with Gasteiger partial charge in [-0.15, -0.1) is 0 Å². The zero-order valence-corrected chi connectivity index (χ0v) is 8.40. The van der Waals surface area contributed by atoms with Gasteiger partial charge in [0.25, 0.3) is 0 Å². The van der Waals surface area contributed by atoms with Gasteiger partial charge in [0.2, 0.25) is 0 Å². The average Bonchev–Trinajstić information content (AvgIpc) is 2.30. The van der Waals surface area contributed by atoms with Gasteiger partial charge in [-0.25, -0.2) is 0 Å². The Morgan fingerprint density at radius 2 is 1.80 bits per heavy atom. The molecule has 0 amide bonds. The summed E-state index contributed by atoms with van der Waals surface area (Å²) in [6, 6.07) is 10.3. The molecule has 15 heavy (non-hydrogen) atoms. The van der Waals surface area contributed by atoms with Crippen LogP contribution >= 0.6 is 0 Å². The molecule has 0 bridgehead atoms. The number of hydrogen-bond acceptors (Lipinski definition) is 3. The van der Waals surface area contributed by atoms with Gasteiger partial charge in [-0.1, -0.05) is 31.2 Å². The lowest BCUT2D eigenvalue weighted by atomic mass is 9.99. The second-order valence-electron chi connectivity index (χ2n) is 3.11. The fourth-order valence-electron chi connectivity index (χ4n) is 1.22. The van der Waals surface area contributed by atoms with Crippen molar-refractivity contribution in [1.82, 2.24) is 0 Å². The van der Waals surface area contributed by atoms with E-state index in [9.17, 15) is 4.79 Å². The van der Waals surface area contributed by atoms with Gasteiger partial charge >= 0.3 is 0 Å². The SMILES string of the molecule is CCc1ccc(C(=O)C(C#N)C#N)cc1. The third-order valence-corrected chi connectivity index (χ3v) is 2.17. The Morgan fingerprint density at radius 1 is 1.27 bits per heavy atom. The van der Waals surface area contributed by atoms with Crippen LogP contribution in [0.3, 0.4) is 0 Å². The minimum atomic E-state index is -1.20. The number of carbonyl (C=O) groups is 1. The van der Waals surface area contributed by atoms with Crippen molar-refractivity contribution in [2.45, 2.75) is 13.3 Å². The molecule has 1 aromatic carbocycles. The number of benzene rings is 1. The Hall–Kier alpha value is -2.13. The molecule has 0 aliphatic rings. The molecular weight excluding hydrogens is 188 g/mol. The van der Waals surface area contributed by atoms with Crippen LogP contribution in [0.5, 0.6) is 0 Å². The Balaban J connectivity index is 2.94. The van der Waals surface area contributed by atoms with Gasteiger partial charge in [-0.2, -0.15) is 10.5 Å². The Labute approximate surface area is 88.6 Å². The highest BCUT2D eigenvalue weighted by Crippen LogP contribution is 2.10. The van der Waals surface area contributed by atoms with E-state index < -0.39 is 11.7 Å². The zero-order chi connectivity index (χ0) is 11.3. The standard InChI is InChI=1S/C12H10N2O/c1-2-9-3-5-10(6-4-9)12(15)11(7-13)8-14/h3-6,11H,2H2,1H3. The number of carbonyl (C=O) groups excluding carboxylic acids is 1. The molecule has 3 nitrogen and oxygen atoms in total. The molecule has 0 fully saturated rings. The van der Waals surface area contributed by atoms with E-state index in [2.05, 4.69) is 0 Å². The lowest BCUT2D eigenvalue weighted by molar-refractivity contribution is 0.0971. The summed E-state index contributed by atoms with van der Waals surface area (Å²) in [5, 5.41) is 17.1. The van der Waals surface area contributed by atoms with E-state index in [1.54, 1.807) is 24.3 Å². The van der Waals surface area contributed by atoms with Gasteiger partial charge in [0, 0.05) is 5.56 Å². The summed E-state index contributed by atoms with van der Waals surface area (Å²) >= 11 is 0. The van der Waals surface area contributed by atoms with Gasteiger partial charge in [0.05, 0.1) is 12.1 Å². The summed E-state index contributed by atoms with van der Waals surface area (Å²) in [7, 11) is 0. The molecule has 0 aromatic heterocycles. The number of hydrogen-bond donors (Lipinski definition) is 0. The van der Waals surface area contributed by atoms with Crippen molar-refractivity contribution >= 4 is 5.78 Å². The second kappa shape index (κ2) is 4.93. The number of aryl methyl sites for hydroxylation is 1. The van der Waals surface area contributed by atoms with E-state index in [1.165, 1.54) is 0 Å². The van der Waals surface area contributed by atoms with Crippen molar-refractivity contribution in [3.05, 3.63) is 35.4 Å². The zero-order valence-electron chi connectivity index (χ0n) is 8.40. The van der Waals surface area contributed by atoms with Crippen molar-refractivity contribution in [1.29, 1.82) is 10.5 Å². The number of rotatable bonds is 3. The van der Waals surface area contributed by atoms with Gasteiger partial charge in [0.15, 0.2) is 11.7 Å². The molecule has 1 rings (SSSR count). The van der Waals surface area contributed by atoms with Crippen LogP contribution in [0.1, 0.15) is 22.8 Å². The Kier molecular flexibility index (Phi) is 3.60. The highest BCUT2D eigenvalue weighted by molar-refractivity contribution is 6.00. The Bertz CT molecular complexity index is 420. The fraction of sp³-hybridized carbons (Fsp3) is 0.250. The first-order valence-electron chi connectivity index (χ1n) is 4.65. The maximum atomic E-state index is 11.6. The summed E-state index contributed by atoms with van der Waals surface area (Å²) in [4.78, 5) is 11.6. The van der Waals surface area contributed by atoms with Crippen molar-refractivity contribution in [3.8, 4) is 12.1 Å². The number of nitrogens with zero attached hydrogens (tertiary/aromatic N) is 2. The molecule has 0 atom stereocenters. The first-order valence-corrected chi connectivity index (χ1v) is 4.65. The number of nitriles is 2. The molecule has 0 spiro atoms. The molecule has 0 unspecified atom stereocenters. The van der Waals surface area contributed by atoms with E-state index in [1.807, 2.05) is 19.1 Å². The summed E-state index contributed by atoms with van der Waals surface area (Å²) in [6.45, 7) is 2.02. The highest BCUT2D eigenvalue weighted by Gasteiger charge is 2.18. The quantitative estimate of drug-likeness (QED) is 0.698. The third-order valence-electron chi connectivity index (χ3n) is 2.17. The van der Waals surface area contributed by atoms with E-state index >= 15 is 0 Å². The smallest absolute Gasteiger partial charge is 0.195 e. The van der Waals surface area contributed by atoms with E-state index in [4.69, 9.17) is 10.5 Å². The van der Waals surface area contributed by atoms with Crippen LogP contribution in [0, 0.1) is 28.6 Å². The van der Waals surface area contributed by atoms with Crippen molar-refractivity contribution in [2.75, 3.05) is 0 Å². The second-order valence-corrected chi connectivity index (χ2v) is 3.11. The molecule has 1 aromatic rings. The van der Waals surface area contributed by atoms with Crippen molar-refractivity contribution in [2.24, 2.45) is 5.92 Å². The van der Waals surface area contributed by atoms with Crippen molar-refractivity contribution < 1.29 is 4.79 Å². The summed E-state index contributed by atoms with van der Waals surface area (Å²) in [5.74, 6) is -1.62. The van der Waals surface area contributed by atoms with Crippen LogP contribution in [-0.2, 0) is 6.42 Å². The van der Waals surface area contributed by atoms with E-state index in [0.29, 0.717) is 5.56 Å². The van der Waals surface area contributed by atoms with E-state index in [-0.39, 0.29) is 0 Å². The highest BCUT2D eigenvalue weighted by atomic mass is 16.1. The molecule has 0 aliphatic carbocycles. The molecule has 0 radical (unpaired) electrons. The molecule has 74 valence electrons. The number of Topliss-reactive ketones (excluding diaryl/α,β-unsaturated/α-hetero) is 1. The topological polar surface area (TPSA) is 64.7 Å². The van der Waals surface area contributed by atoms with Crippen molar-refractivity contribution in [3.63, 3.8) is 0 Å². The van der Waals surface area contributed by atoms with Gasteiger partial charge in [0.1, 0.15) is 0 Å². The maximum absolute atomic E-state index is 11.6. The molecule has 0 saturated carbocycles. The Morgan fingerprint density at radius 3 is 2.20 bits per heavy atom. The predicted molar refractivity (Wildman–Crippen MR) is 54.9 cm³/mol. The maximum Gasteiger partial charge on any atom is 0.195 e. The molecule has 3 heteroatoms. The van der Waals surface area contributed by atoms with Crippen LogP contribution < -0.4 is 0 Å². The van der Waals surface area contributed by atoms with Crippen LogP contribution in [0.4, 0.5) is 0 Å². The third kappa shape index (κ3) is 2.42.